The largest absolute Gasteiger partial charge is 0.328 e. The Morgan fingerprint density at radius 3 is 3.08 bits per heavy atom. The van der Waals surface area contributed by atoms with Crippen LogP contribution in [0.15, 0.2) is 24.3 Å². The Morgan fingerprint density at radius 2 is 2.31 bits per heavy atom. The van der Waals surface area contributed by atoms with Gasteiger partial charge in [0.05, 0.1) is 0 Å². The predicted octanol–water partition coefficient (Wildman–Crippen LogP) is 2.15. The minimum Gasteiger partial charge on any atom is -0.328 e. The van der Waals surface area contributed by atoms with Crippen molar-refractivity contribution in [2.24, 2.45) is 5.73 Å². The van der Waals surface area contributed by atoms with Gasteiger partial charge in [0, 0.05) is 6.04 Å². The third-order valence-electron chi connectivity index (χ3n) is 2.40. The van der Waals surface area contributed by atoms with Gasteiger partial charge in [-0.25, -0.2) is 0 Å². The number of fused-ring (bicyclic) bond motifs is 1. The number of rotatable bonds is 2. The standard InChI is InChI=1S/C12H15N/c1-9(13)7-10-5-6-11-3-2-4-12(11)8-10/h2,4-6,8-9H,3,7,13H2,1H3. The van der Waals surface area contributed by atoms with E-state index in [1.54, 1.807) is 0 Å². The zero-order chi connectivity index (χ0) is 9.26. The van der Waals surface area contributed by atoms with E-state index in [1.165, 1.54) is 16.7 Å². The van der Waals surface area contributed by atoms with Gasteiger partial charge in [0.15, 0.2) is 0 Å². The average molecular weight is 173 g/mol. The Kier molecular flexibility index (Phi) is 2.19. The van der Waals surface area contributed by atoms with Gasteiger partial charge in [-0.1, -0.05) is 30.4 Å². The van der Waals surface area contributed by atoms with E-state index in [2.05, 4.69) is 30.4 Å². The van der Waals surface area contributed by atoms with E-state index in [0.29, 0.717) is 0 Å². The highest BCUT2D eigenvalue weighted by molar-refractivity contribution is 5.60. The second kappa shape index (κ2) is 3.35. The van der Waals surface area contributed by atoms with Gasteiger partial charge in [0.2, 0.25) is 0 Å². The van der Waals surface area contributed by atoms with Crippen molar-refractivity contribution in [2.45, 2.75) is 25.8 Å². The summed E-state index contributed by atoms with van der Waals surface area (Å²) in [7, 11) is 0. The van der Waals surface area contributed by atoms with Gasteiger partial charge >= 0.3 is 0 Å². The first kappa shape index (κ1) is 8.52. The Morgan fingerprint density at radius 1 is 1.46 bits per heavy atom. The maximum atomic E-state index is 5.75. The first-order valence-electron chi connectivity index (χ1n) is 4.79. The van der Waals surface area contributed by atoms with Gasteiger partial charge in [0.25, 0.3) is 0 Å². The van der Waals surface area contributed by atoms with Crippen molar-refractivity contribution in [1.82, 2.24) is 0 Å². The van der Waals surface area contributed by atoms with Crippen molar-refractivity contribution < 1.29 is 0 Å². The maximum absolute atomic E-state index is 5.75. The van der Waals surface area contributed by atoms with E-state index in [1.807, 2.05) is 6.92 Å². The van der Waals surface area contributed by atoms with Crippen molar-refractivity contribution in [3.63, 3.8) is 0 Å². The molecule has 0 spiro atoms. The molecule has 0 heterocycles. The minimum absolute atomic E-state index is 0.253. The van der Waals surface area contributed by atoms with E-state index in [-0.39, 0.29) is 6.04 Å². The van der Waals surface area contributed by atoms with Crippen molar-refractivity contribution in [2.75, 3.05) is 0 Å². The summed E-state index contributed by atoms with van der Waals surface area (Å²) in [6, 6.07) is 6.91. The fourth-order valence-electron chi connectivity index (χ4n) is 1.80. The minimum atomic E-state index is 0.253. The fraction of sp³-hybridized carbons (Fsp3) is 0.333. The molecule has 1 aliphatic rings. The number of hydrogen-bond acceptors (Lipinski definition) is 1. The van der Waals surface area contributed by atoms with Crippen LogP contribution < -0.4 is 5.73 Å². The summed E-state index contributed by atoms with van der Waals surface area (Å²) in [5.74, 6) is 0. The molecule has 0 aliphatic heterocycles. The number of nitrogens with two attached hydrogens (primary N) is 1. The van der Waals surface area contributed by atoms with Crippen LogP contribution in [0.4, 0.5) is 0 Å². The summed E-state index contributed by atoms with van der Waals surface area (Å²) in [5, 5.41) is 0. The van der Waals surface area contributed by atoms with Crippen molar-refractivity contribution in [3.8, 4) is 0 Å². The highest BCUT2D eigenvalue weighted by atomic mass is 14.6. The zero-order valence-corrected chi connectivity index (χ0v) is 7.96. The Bertz CT molecular complexity index is 337. The molecule has 1 atom stereocenters. The van der Waals surface area contributed by atoms with Crippen LogP contribution in [-0.4, -0.2) is 6.04 Å². The molecule has 0 aromatic heterocycles. The summed E-state index contributed by atoms with van der Waals surface area (Å²) in [6.45, 7) is 2.04. The van der Waals surface area contributed by atoms with E-state index in [0.717, 1.165) is 12.8 Å². The van der Waals surface area contributed by atoms with Crippen LogP contribution in [0, 0.1) is 0 Å². The van der Waals surface area contributed by atoms with Gasteiger partial charge in [-0.15, -0.1) is 0 Å². The molecule has 0 saturated carbocycles. The van der Waals surface area contributed by atoms with Gasteiger partial charge in [-0.2, -0.15) is 0 Å². The lowest BCUT2D eigenvalue weighted by Crippen LogP contribution is -2.17. The molecule has 68 valence electrons. The van der Waals surface area contributed by atoms with Crippen LogP contribution in [0.5, 0.6) is 0 Å². The van der Waals surface area contributed by atoms with Crippen molar-refractivity contribution in [1.29, 1.82) is 0 Å². The Labute approximate surface area is 79.3 Å². The zero-order valence-electron chi connectivity index (χ0n) is 7.96. The van der Waals surface area contributed by atoms with Gasteiger partial charge in [0.1, 0.15) is 0 Å². The van der Waals surface area contributed by atoms with Crippen molar-refractivity contribution in [3.05, 3.63) is 41.0 Å². The molecule has 1 aliphatic carbocycles. The summed E-state index contributed by atoms with van der Waals surface area (Å²) >= 11 is 0. The van der Waals surface area contributed by atoms with E-state index in [4.69, 9.17) is 5.73 Å². The molecule has 1 aromatic rings. The molecule has 0 fully saturated rings. The van der Waals surface area contributed by atoms with E-state index >= 15 is 0 Å². The molecular weight excluding hydrogens is 158 g/mol. The molecule has 0 bridgehead atoms. The first-order chi connectivity index (χ1) is 6.25. The van der Waals surface area contributed by atoms with Crippen LogP contribution in [0.3, 0.4) is 0 Å². The van der Waals surface area contributed by atoms with Gasteiger partial charge < -0.3 is 5.73 Å². The molecule has 1 heteroatoms. The normalized spacial score (nSPS) is 15.8. The quantitative estimate of drug-likeness (QED) is 0.728. The highest BCUT2D eigenvalue weighted by Gasteiger charge is 2.05. The maximum Gasteiger partial charge on any atom is 0.00509 e. The lowest BCUT2D eigenvalue weighted by atomic mass is 10.0. The molecule has 1 unspecified atom stereocenters. The summed E-state index contributed by atoms with van der Waals surface area (Å²) < 4.78 is 0. The van der Waals surface area contributed by atoms with Crippen LogP contribution in [0.25, 0.3) is 6.08 Å². The SMILES string of the molecule is CC(N)Cc1ccc2c(c1)C=CC2. The topological polar surface area (TPSA) is 26.0 Å². The predicted molar refractivity (Wildman–Crippen MR) is 56.5 cm³/mol. The fourth-order valence-corrected chi connectivity index (χ4v) is 1.80. The molecule has 0 saturated heterocycles. The Hall–Kier alpha value is -1.08. The molecule has 13 heavy (non-hydrogen) atoms. The van der Waals surface area contributed by atoms with Crippen LogP contribution in [-0.2, 0) is 12.8 Å². The van der Waals surface area contributed by atoms with E-state index < -0.39 is 0 Å². The van der Waals surface area contributed by atoms with Gasteiger partial charge in [-0.3, -0.25) is 0 Å². The monoisotopic (exact) mass is 173 g/mol. The summed E-state index contributed by atoms with van der Waals surface area (Å²) in [5.41, 5.74) is 9.91. The van der Waals surface area contributed by atoms with Crippen LogP contribution in [0.2, 0.25) is 0 Å². The highest BCUT2D eigenvalue weighted by Crippen LogP contribution is 2.20. The number of allylic oxidation sites excluding steroid dienone is 1. The molecule has 0 radical (unpaired) electrons. The molecule has 2 rings (SSSR count). The number of hydrogen-bond donors (Lipinski definition) is 1. The molecule has 1 nitrogen and oxygen atoms in total. The van der Waals surface area contributed by atoms with E-state index in [9.17, 15) is 0 Å². The van der Waals surface area contributed by atoms with Crippen molar-refractivity contribution >= 4 is 6.08 Å². The second-order valence-electron chi connectivity index (χ2n) is 3.82. The van der Waals surface area contributed by atoms with Crippen LogP contribution >= 0.6 is 0 Å². The third-order valence-corrected chi connectivity index (χ3v) is 2.40. The lowest BCUT2D eigenvalue weighted by molar-refractivity contribution is 0.738. The van der Waals surface area contributed by atoms with Gasteiger partial charge in [-0.05, 0) is 36.5 Å². The smallest absolute Gasteiger partial charge is 0.00509 e. The molecule has 1 aromatic carbocycles. The molecule has 0 amide bonds. The summed E-state index contributed by atoms with van der Waals surface area (Å²) in [6.07, 6.45) is 6.47. The lowest BCUT2D eigenvalue weighted by Gasteiger charge is -2.06. The third kappa shape index (κ3) is 1.81. The molecular formula is C12H15N. The second-order valence-corrected chi connectivity index (χ2v) is 3.82. The summed E-state index contributed by atoms with van der Waals surface area (Å²) in [4.78, 5) is 0. The molecule has 2 N–H and O–H groups in total. The first-order valence-corrected chi connectivity index (χ1v) is 4.79. The average Bonchev–Trinajstić information content (AvgIpc) is 2.49. The van der Waals surface area contributed by atoms with Crippen LogP contribution in [0.1, 0.15) is 23.6 Å². The number of benzene rings is 1. The Balaban J connectivity index is 2.25.